The third-order valence-corrected chi connectivity index (χ3v) is 4.70. The summed E-state index contributed by atoms with van der Waals surface area (Å²) >= 11 is 8.62. The van der Waals surface area contributed by atoms with Crippen molar-refractivity contribution in [2.75, 3.05) is 5.32 Å². The molecule has 148 valence electrons. The van der Waals surface area contributed by atoms with Gasteiger partial charge in [-0.1, -0.05) is 30.3 Å². The summed E-state index contributed by atoms with van der Waals surface area (Å²) in [6.07, 6.45) is 6.53. The van der Waals surface area contributed by atoms with Crippen LogP contribution < -0.4 is 10.6 Å². The molecule has 4 rings (SSSR count). The molecule has 0 saturated heterocycles. The number of hydrogen-bond acceptors (Lipinski definition) is 5. The Bertz CT molecular complexity index is 1250. The van der Waals surface area contributed by atoms with E-state index in [9.17, 15) is 4.79 Å². The summed E-state index contributed by atoms with van der Waals surface area (Å²) in [5.41, 5.74) is 3.68. The molecule has 2 aromatic carbocycles. The first-order chi connectivity index (χ1) is 14.6. The van der Waals surface area contributed by atoms with Gasteiger partial charge in [0.1, 0.15) is 5.52 Å². The average molecular weight is 479 g/mol. The summed E-state index contributed by atoms with van der Waals surface area (Å²) < 4.78 is 6.64. The summed E-state index contributed by atoms with van der Waals surface area (Å²) in [6, 6.07) is 16.8. The molecule has 0 saturated carbocycles. The van der Waals surface area contributed by atoms with E-state index in [0.29, 0.717) is 22.7 Å². The number of benzene rings is 2. The molecule has 0 atom stereocenters. The molecular weight excluding hydrogens is 464 g/mol. The fraction of sp³-hybridized carbons (Fsp3) is 0. The van der Waals surface area contributed by atoms with Crippen molar-refractivity contribution in [1.82, 2.24) is 15.3 Å². The van der Waals surface area contributed by atoms with Gasteiger partial charge in [-0.05, 0) is 64.1 Å². The van der Waals surface area contributed by atoms with Crippen molar-refractivity contribution >= 4 is 62.0 Å². The predicted molar refractivity (Wildman–Crippen MR) is 125 cm³/mol. The molecule has 2 aromatic heterocycles. The Morgan fingerprint density at radius 3 is 2.73 bits per heavy atom. The number of fused-ring (bicyclic) bond motifs is 1. The van der Waals surface area contributed by atoms with Crippen molar-refractivity contribution in [3.8, 4) is 11.5 Å². The number of thiocarbonyl (C=S) groups is 1. The van der Waals surface area contributed by atoms with E-state index in [1.807, 2.05) is 36.4 Å². The van der Waals surface area contributed by atoms with Crippen LogP contribution in [-0.2, 0) is 4.79 Å². The number of pyridine rings is 1. The van der Waals surface area contributed by atoms with Gasteiger partial charge in [-0.2, -0.15) is 0 Å². The van der Waals surface area contributed by atoms with Crippen LogP contribution in [0.5, 0.6) is 0 Å². The molecule has 8 heteroatoms. The van der Waals surface area contributed by atoms with Gasteiger partial charge in [0, 0.05) is 28.6 Å². The first kappa shape index (κ1) is 19.9. The second-order valence-corrected chi connectivity index (χ2v) is 7.60. The number of halogens is 1. The van der Waals surface area contributed by atoms with Crippen LogP contribution in [0.15, 0.2) is 82.0 Å². The molecule has 0 unspecified atom stereocenters. The Morgan fingerprint density at radius 2 is 1.93 bits per heavy atom. The van der Waals surface area contributed by atoms with Gasteiger partial charge < -0.3 is 9.73 Å². The first-order valence-corrected chi connectivity index (χ1v) is 10.1. The third kappa shape index (κ3) is 4.97. The van der Waals surface area contributed by atoms with Crippen LogP contribution in [0.3, 0.4) is 0 Å². The molecule has 0 spiro atoms. The summed E-state index contributed by atoms with van der Waals surface area (Å²) in [6.45, 7) is 0. The van der Waals surface area contributed by atoms with E-state index < -0.39 is 0 Å². The molecule has 0 aliphatic carbocycles. The second-order valence-electron chi connectivity index (χ2n) is 6.28. The molecule has 0 aliphatic rings. The number of amides is 1. The predicted octanol–water partition coefficient (Wildman–Crippen LogP) is 5.18. The molecule has 6 nitrogen and oxygen atoms in total. The lowest BCUT2D eigenvalue weighted by Crippen LogP contribution is -2.32. The molecule has 0 fully saturated rings. The number of carbonyl (C=O) groups is 1. The monoisotopic (exact) mass is 478 g/mol. The van der Waals surface area contributed by atoms with Crippen molar-refractivity contribution in [3.05, 3.63) is 83.1 Å². The molecule has 0 radical (unpaired) electrons. The molecule has 30 heavy (non-hydrogen) atoms. The lowest BCUT2D eigenvalue weighted by atomic mass is 10.2. The van der Waals surface area contributed by atoms with Gasteiger partial charge in [-0.3, -0.25) is 15.1 Å². The van der Waals surface area contributed by atoms with Gasteiger partial charge in [0.25, 0.3) is 0 Å². The molecular formula is C22H15BrN4O2S. The quantitative estimate of drug-likeness (QED) is 0.310. The first-order valence-electron chi connectivity index (χ1n) is 8.93. The van der Waals surface area contributed by atoms with Crippen molar-refractivity contribution in [2.24, 2.45) is 0 Å². The van der Waals surface area contributed by atoms with E-state index in [-0.39, 0.29) is 11.0 Å². The molecule has 0 aliphatic heterocycles. The van der Waals surface area contributed by atoms with Gasteiger partial charge >= 0.3 is 0 Å². The molecule has 1 amide bonds. The fourth-order valence-electron chi connectivity index (χ4n) is 2.71. The molecule has 2 heterocycles. The molecule has 2 N–H and O–H groups in total. The number of nitrogens with one attached hydrogen (secondary N) is 2. The molecule has 0 bridgehead atoms. The summed E-state index contributed by atoms with van der Waals surface area (Å²) in [5, 5.41) is 5.80. The van der Waals surface area contributed by atoms with E-state index in [1.54, 1.807) is 36.7 Å². The highest BCUT2D eigenvalue weighted by Gasteiger charge is 2.10. The minimum absolute atomic E-state index is 0.192. The number of nitrogens with zero attached hydrogens (tertiary/aromatic N) is 2. The lowest BCUT2D eigenvalue weighted by molar-refractivity contribution is -0.115. The zero-order valence-electron chi connectivity index (χ0n) is 15.5. The van der Waals surface area contributed by atoms with E-state index in [1.165, 1.54) is 6.08 Å². The number of carbonyl (C=O) groups excluding carboxylic acids is 1. The average Bonchev–Trinajstić information content (AvgIpc) is 3.16. The van der Waals surface area contributed by atoms with Crippen LogP contribution in [-0.4, -0.2) is 21.0 Å². The standard InChI is InChI=1S/C22H15BrN4O2S/c23-16-10-15(12-24-13-16)21-26-18-11-17(7-8-19(18)29-21)25-22(30)27-20(28)9-6-14-4-2-1-3-5-14/h1-13H,(H2,25,27,28,30). The Hall–Kier alpha value is -3.36. The minimum atomic E-state index is -0.316. The number of hydrogen-bond donors (Lipinski definition) is 2. The number of oxazole rings is 1. The zero-order valence-corrected chi connectivity index (χ0v) is 17.9. The Kier molecular flexibility index (Phi) is 5.97. The number of anilines is 1. The van der Waals surface area contributed by atoms with Crippen LogP contribution in [0.4, 0.5) is 5.69 Å². The van der Waals surface area contributed by atoms with Crippen molar-refractivity contribution in [2.45, 2.75) is 0 Å². The Labute approximate surface area is 186 Å². The van der Waals surface area contributed by atoms with E-state index in [2.05, 4.69) is 36.5 Å². The summed E-state index contributed by atoms with van der Waals surface area (Å²) in [5.74, 6) is 0.154. The van der Waals surface area contributed by atoms with Gasteiger partial charge in [-0.25, -0.2) is 4.98 Å². The summed E-state index contributed by atoms with van der Waals surface area (Å²) in [7, 11) is 0. The van der Waals surface area contributed by atoms with Crippen LogP contribution >= 0.6 is 28.1 Å². The highest BCUT2D eigenvalue weighted by Crippen LogP contribution is 2.27. The van der Waals surface area contributed by atoms with Crippen molar-refractivity contribution < 1.29 is 9.21 Å². The Balaban J connectivity index is 1.42. The van der Waals surface area contributed by atoms with E-state index in [4.69, 9.17) is 16.6 Å². The van der Waals surface area contributed by atoms with E-state index >= 15 is 0 Å². The van der Waals surface area contributed by atoms with Crippen molar-refractivity contribution in [3.63, 3.8) is 0 Å². The Morgan fingerprint density at radius 1 is 1.10 bits per heavy atom. The largest absolute Gasteiger partial charge is 0.436 e. The summed E-state index contributed by atoms with van der Waals surface area (Å²) in [4.78, 5) is 20.7. The normalized spacial score (nSPS) is 11.0. The smallest absolute Gasteiger partial charge is 0.250 e. The number of aromatic nitrogens is 2. The molecule has 4 aromatic rings. The lowest BCUT2D eigenvalue weighted by Gasteiger charge is -2.07. The van der Waals surface area contributed by atoms with Crippen LogP contribution in [0.1, 0.15) is 5.56 Å². The number of rotatable bonds is 4. The van der Waals surface area contributed by atoms with Crippen LogP contribution in [0, 0.1) is 0 Å². The van der Waals surface area contributed by atoms with Crippen LogP contribution in [0.2, 0.25) is 0 Å². The van der Waals surface area contributed by atoms with Gasteiger partial charge in [-0.15, -0.1) is 0 Å². The van der Waals surface area contributed by atoms with Gasteiger partial charge in [0.2, 0.25) is 11.8 Å². The maximum atomic E-state index is 12.1. The second kappa shape index (κ2) is 8.98. The van der Waals surface area contributed by atoms with Crippen LogP contribution in [0.25, 0.3) is 28.6 Å². The zero-order chi connectivity index (χ0) is 20.9. The maximum Gasteiger partial charge on any atom is 0.250 e. The fourth-order valence-corrected chi connectivity index (χ4v) is 3.29. The van der Waals surface area contributed by atoms with Gasteiger partial charge in [0.05, 0.1) is 5.56 Å². The highest BCUT2D eigenvalue weighted by molar-refractivity contribution is 9.10. The maximum absolute atomic E-state index is 12.1. The van der Waals surface area contributed by atoms with Crippen molar-refractivity contribution in [1.29, 1.82) is 0 Å². The van der Waals surface area contributed by atoms with E-state index in [0.717, 1.165) is 15.6 Å². The third-order valence-electron chi connectivity index (χ3n) is 4.06. The minimum Gasteiger partial charge on any atom is -0.436 e. The highest BCUT2D eigenvalue weighted by atomic mass is 79.9. The van der Waals surface area contributed by atoms with Gasteiger partial charge in [0.15, 0.2) is 10.7 Å². The SMILES string of the molecule is O=C(C=Cc1ccccc1)NC(=S)Nc1ccc2oc(-c3cncc(Br)c3)nc2c1. The topological polar surface area (TPSA) is 80.0 Å².